The van der Waals surface area contributed by atoms with Crippen molar-refractivity contribution in [1.82, 2.24) is 14.5 Å². The van der Waals surface area contributed by atoms with Gasteiger partial charge < -0.3 is 0 Å². The van der Waals surface area contributed by atoms with Crippen LogP contribution in [-0.2, 0) is 17.6 Å². The summed E-state index contributed by atoms with van der Waals surface area (Å²) in [5.74, 6) is -0.719. The lowest BCUT2D eigenvalue weighted by molar-refractivity contribution is -0.116. The molecular formula is C21H20N4OS2. The quantitative estimate of drug-likeness (QED) is 0.562. The normalized spacial score (nSPS) is 14.3. The lowest BCUT2D eigenvalue weighted by atomic mass is 10.0. The van der Waals surface area contributed by atoms with Crippen LogP contribution in [0.4, 0.5) is 0 Å². The lowest BCUT2D eigenvalue weighted by Crippen LogP contribution is -2.14. The molecule has 1 aromatic carbocycles. The van der Waals surface area contributed by atoms with Crippen LogP contribution in [0, 0.1) is 18.3 Å². The molecule has 28 heavy (non-hydrogen) atoms. The van der Waals surface area contributed by atoms with Crippen molar-refractivity contribution in [2.45, 2.75) is 43.7 Å². The fourth-order valence-corrected chi connectivity index (χ4v) is 5.26. The van der Waals surface area contributed by atoms with Crippen molar-refractivity contribution in [2.24, 2.45) is 0 Å². The number of rotatable bonds is 6. The van der Waals surface area contributed by atoms with E-state index < -0.39 is 5.92 Å². The monoisotopic (exact) mass is 408 g/mol. The third-order valence-corrected chi connectivity index (χ3v) is 6.78. The van der Waals surface area contributed by atoms with Crippen molar-refractivity contribution in [3.05, 3.63) is 57.8 Å². The number of ketones is 1. The molecule has 0 unspecified atom stereocenters. The Morgan fingerprint density at radius 1 is 1.29 bits per heavy atom. The highest BCUT2D eigenvalue weighted by Crippen LogP contribution is 2.31. The molecule has 2 aromatic heterocycles. The van der Waals surface area contributed by atoms with Gasteiger partial charge in [0.25, 0.3) is 0 Å². The molecule has 1 atom stereocenters. The maximum atomic E-state index is 12.7. The molecule has 1 aliphatic rings. The van der Waals surface area contributed by atoms with Gasteiger partial charge in [-0.05, 0) is 44.7 Å². The minimum absolute atomic E-state index is 0.123. The number of para-hydroxylation sites is 1. The minimum atomic E-state index is -0.805. The summed E-state index contributed by atoms with van der Waals surface area (Å²) in [4.78, 5) is 21.9. The van der Waals surface area contributed by atoms with Crippen molar-refractivity contribution < 1.29 is 4.79 Å². The topological polar surface area (TPSA) is 71.6 Å². The van der Waals surface area contributed by atoms with Gasteiger partial charge in [0.1, 0.15) is 5.01 Å². The number of nitriles is 1. The molecule has 0 spiro atoms. The predicted molar refractivity (Wildman–Crippen MR) is 111 cm³/mol. The van der Waals surface area contributed by atoms with Crippen LogP contribution in [0.15, 0.2) is 40.9 Å². The number of carbonyl (C=O) groups is 1. The molecule has 0 radical (unpaired) electrons. The number of benzene rings is 1. The third kappa shape index (κ3) is 3.75. The molecule has 0 amide bonds. The number of hydrogen-bond acceptors (Lipinski definition) is 6. The second-order valence-corrected chi connectivity index (χ2v) is 8.64. The van der Waals surface area contributed by atoms with Crippen LogP contribution in [0.1, 0.15) is 40.8 Å². The molecule has 0 N–H and O–H groups in total. The average Bonchev–Trinajstić information content (AvgIpc) is 3.31. The van der Waals surface area contributed by atoms with Gasteiger partial charge in [-0.25, -0.2) is 9.97 Å². The van der Waals surface area contributed by atoms with Gasteiger partial charge in [0.15, 0.2) is 16.9 Å². The number of hydrogen-bond donors (Lipinski definition) is 0. The van der Waals surface area contributed by atoms with Crippen molar-refractivity contribution in [1.29, 1.82) is 5.26 Å². The van der Waals surface area contributed by atoms with Gasteiger partial charge in [-0.15, -0.1) is 11.3 Å². The zero-order chi connectivity index (χ0) is 19.5. The molecule has 2 heterocycles. The second-order valence-electron chi connectivity index (χ2n) is 6.81. The minimum Gasteiger partial charge on any atom is -0.297 e. The largest absolute Gasteiger partial charge is 0.297 e. The summed E-state index contributed by atoms with van der Waals surface area (Å²) < 4.78 is 2.18. The van der Waals surface area contributed by atoms with E-state index in [1.165, 1.54) is 28.8 Å². The van der Waals surface area contributed by atoms with Gasteiger partial charge in [-0.3, -0.25) is 9.36 Å². The number of aryl methyl sites for hydroxylation is 2. The fraction of sp³-hybridized carbons (Fsp3) is 0.333. The summed E-state index contributed by atoms with van der Waals surface area (Å²) in [5, 5.41) is 12.8. The highest BCUT2D eigenvalue weighted by molar-refractivity contribution is 7.99. The molecule has 4 rings (SSSR count). The third-order valence-electron chi connectivity index (χ3n) is 4.79. The molecule has 5 nitrogen and oxygen atoms in total. The van der Waals surface area contributed by atoms with Gasteiger partial charge in [-0.1, -0.05) is 30.0 Å². The molecule has 7 heteroatoms. The number of carbonyl (C=O) groups excluding carboxylic acids is 1. The fourth-order valence-electron chi connectivity index (χ4n) is 3.44. The zero-order valence-electron chi connectivity index (χ0n) is 15.6. The number of thiazole rings is 1. The SMILES string of the molecule is Cc1csc([C@@H](C#N)C(=O)CSc2nc3c(n2-c2ccccc2)CCCC3)n1. The van der Waals surface area contributed by atoms with Crippen molar-refractivity contribution in [3.8, 4) is 11.8 Å². The van der Waals surface area contributed by atoms with Gasteiger partial charge in [-0.2, -0.15) is 5.26 Å². The number of imidazole rings is 1. The van der Waals surface area contributed by atoms with Gasteiger partial charge in [0.2, 0.25) is 0 Å². The van der Waals surface area contributed by atoms with E-state index in [1.807, 2.05) is 30.5 Å². The van der Waals surface area contributed by atoms with Crippen molar-refractivity contribution in [2.75, 3.05) is 5.75 Å². The van der Waals surface area contributed by atoms with E-state index in [1.54, 1.807) is 0 Å². The van der Waals surface area contributed by atoms with Crippen LogP contribution >= 0.6 is 23.1 Å². The highest BCUT2D eigenvalue weighted by Gasteiger charge is 2.26. The number of nitrogens with zero attached hydrogens (tertiary/aromatic N) is 4. The highest BCUT2D eigenvalue weighted by atomic mass is 32.2. The van der Waals surface area contributed by atoms with Crippen LogP contribution < -0.4 is 0 Å². The maximum absolute atomic E-state index is 12.7. The Kier molecular flexibility index (Phi) is 5.60. The first-order chi connectivity index (χ1) is 13.7. The lowest BCUT2D eigenvalue weighted by Gasteiger charge is -2.15. The number of Topliss-reactive ketones (excluding diaryl/α,β-unsaturated/α-hetero) is 1. The van der Waals surface area contributed by atoms with Crippen molar-refractivity contribution in [3.63, 3.8) is 0 Å². The summed E-state index contributed by atoms with van der Waals surface area (Å²) in [7, 11) is 0. The zero-order valence-corrected chi connectivity index (χ0v) is 17.2. The molecule has 0 saturated heterocycles. The molecular weight excluding hydrogens is 388 g/mol. The first-order valence-electron chi connectivity index (χ1n) is 9.30. The van der Waals surface area contributed by atoms with E-state index in [9.17, 15) is 10.1 Å². The van der Waals surface area contributed by atoms with E-state index in [-0.39, 0.29) is 11.5 Å². The molecule has 3 aromatic rings. The predicted octanol–water partition coefficient (Wildman–Crippen LogP) is 4.48. The Labute approximate surface area is 172 Å². The molecule has 0 saturated carbocycles. The Balaban J connectivity index is 1.59. The standard InChI is InChI=1S/C21H20N4OS2/c1-14-12-27-20(23-14)16(11-22)19(26)13-28-21-24-17-9-5-6-10-18(17)25(21)15-7-3-2-4-8-15/h2-4,7-8,12,16H,5-6,9-10,13H2,1H3/t16-/m0/s1. The Morgan fingerprint density at radius 3 is 2.79 bits per heavy atom. The Hall–Kier alpha value is -2.43. The first-order valence-corrected chi connectivity index (χ1v) is 11.2. The summed E-state index contributed by atoms with van der Waals surface area (Å²) in [6.07, 6.45) is 4.30. The second kappa shape index (κ2) is 8.29. The smallest absolute Gasteiger partial charge is 0.173 e. The van der Waals surface area contributed by atoms with Gasteiger partial charge in [0, 0.05) is 22.5 Å². The van der Waals surface area contributed by atoms with E-state index in [2.05, 4.69) is 27.8 Å². The van der Waals surface area contributed by atoms with Crippen LogP contribution in [0.2, 0.25) is 0 Å². The van der Waals surface area contributed by atoms with Crippen LogP contribution in [0.3, 0.4) is 0 Å². The Morgan fingerprint density at radius 2 is 2.07 bits per heavy atom. The summed E-state index contributed by atoms with van der Waals surface area (Å²) >= 11 is 2.79. The maximum Gasteiger partial charge on any atom is 0.173 e. The van der Waals surface area contributed by atoms with Gasteiger partial charge >= 0.3 is 0 Å². The molecule has 0 aliphatic heterocycles. The van der Waals surface area contributed by atoms with E-state index >= 15 is 0 Å². The number of fused-ring (bicyclic) bond motifs is 1. The number of aromatic nitrogens is 3. The Bertz CT molecular complexity index is 1030. The molecule has 1 aliphatic carbocycles. The van der Waals surface area contributed by atoms with E-state index in [4.69, 9.17) is 4.98 Å². The molecule has 142 valence electrons. The molecule has 0 bridgehead atoms. The summed E-state index contributed by atoms with van der Waals surface area (Å²) in [6, 6.07) is 12.3. The first kappa shape index (κ1) is 18.9. The summed E-state index contributed by atoms with van der Waals surface area (Å²) in [6.45, 7) is 1.87. The average molecular weight is 409 g/mol. The van der Waals surface area contributed by atoms with E-state index in [0.29, 0.717) is 5.01 Å². The summed E-state index contributed by atoms with van der Waals surface area (Å²) in [5.41, 5.74) is 4.30. The van der Waals surface area contributed by atoms with Gasteiger partial charge in [0.05, 0.1) is 17.5 Å². The van der Waals surface area contributed by atoms with Crippen LogP contribution in [0.25, 0.3) is 5.69 Å². The van der Waals surface area contributed by atoms with Crippen molar-refractivity contribution >= 4 is 28.9 Å². The van der Waals surface area contributed by atoms with E-state index in [0.717, 1.165) is 47.9 Å². The van der Waals surface area contributed by atoms with Crippen LogP contribution in [0.5, 0.6) is 0 Å². The molecule has 0 fully saturated rings. The van der Waals surface area contributed by atoms with Crippen LogP contribution in [-0.4, -0.2) is 26.1 Å². The number of thioether (sulfide) groups is 1.